The number of carbonyl (C=O) groups excluding carboxylic acids is 3. The first-order chi connectivity index (χ1) is 17.0. The lowest BCUT2D eigenvalue weighted by Gasteiger charge is -2.46. The van der Waals surface area contributed by atoms with Crippen LogP contribution in [0.4, 0.5) is 0 Å². The van der Waals surface area contributed by atoms with Gasteiger partial charge in [0.2, 0.25) is 17.7 Å². The van der Waals surface area contributed by atoms with E-state index in [1.165, 1.54) is 4.90 Å². The van der Waals surface area contributed by atoms with Gasteiger partial charge < -0.3 is 24.5 Å². The first kappa shape index (κ1) is 29.4. The fraction of sp³-hybridized carbons (Fsp3) is 0.759. The van der Waals surface area contributed by atoms with Gasteiger partial charge in [-0.15, -0.1) is 13.2 Å². The van der Waals surface area contributed by atoms with Gasteiger partial charge >= 0.3 is 0 Å². The number of likely N-dealkylation sites (N-methyl/N-ethyl adjacent to an activating group) is 1. The van der Waals surface area contributed by atoms with Gasteiger partial charge in [0.15, 0.2) is 0 Å². The lowest BCUT2D eigenvalue weighted by molar-refractivity contribution is -0.159. The largest absolute Gasteiger partial charge is 0.394 e. The Hall–Kier alpha value is -2.19. The SMILES string of the molecule is C=CCN(C)C(=O)[C@@H]1[C@H]2C(=O)N([C@H](C)CO)C(C(=O)N(CC=C)C(C)(C)CC(C)(C)C)C23CC[C@@]1(C)O3. The Morgan fingerprint density at radius 1 is 1.16 bits per heavy atom. The second kappa shape index (κ2) is 9.84. The minimum Gasteiger partial charge on any atom is -0.394 e. The average molecular weight is 518 g/mol. The Labute approximate surface area is 222 Å². The van der Waals surface area contributed by atoms with Crippen LogP contribution in [0.25, 0.3) is 0 Å². The number of hydrogen-bond acceptors (Lipinski definition) is 5. The number of nitrogens with zero attached hydrogens (tertiary/aromatic N) is 3. The van der Waals surface area contributed by atoms with Crippen LogP contribution in [0.2, 0.25) is 0 Å². The molecule has 6 atom stereocenters. The monoisotopic (exact) mass is 517 g/mol. The molecule has 3 rings (SSSR count). The van der Waals surface area contributed by atoms with E-state index in [-0.39, 0.29) is 29.7 Å². The van der Waals surface area contributed by atoms with Gasteiger partial charge in [-0.2, -0.15) is 0 Å². The van der Waals surface area contributed by atoms with Crippen molar-refractivity contribution >= 4 is 17.7 Å². The van der Waals surface area contributed by atoms with E-state index < -0.39 is 40.7 Å². The predicted molar refractivity (Wildman–Crippen MR) is 144 cm³/mol. The van der Waals surface area contributed by atoms with E-state index in [0.29, 0.717) is 25.9 Å². The van der Waals surface area contributed by atoms with E-state index in [1.807, 2.05) is 20.8 Å². The number of amides is 3. The molecule has 3 aliphatic heterocycles. The third-order valence-corrected chi connectivity index (χ3v) is 8.50. The fourth-order valence-electron chi connectivity index (χ4n) is 7.41. The Bertz CT molecular complexity index is 956. The average Bonchev–Trinajstić information content (AvgIpc) is 3.35. The molecular formula is C29H47N3O5. The second-order valence-corrected chi connectivity index (χ2v) is 13.3. The highest BCUT2D eigenvalue weighted by Gasteiger charge is 2.78. The van der Waals surface area contributed by atoms with Crippen LogP contribution >= 0.6 is 0 Å². The van der Waals surface area contributed by atoms with Crippen LogP contribution in [-0.2, 0) is 19.1 Å². The number of hydrogen-bond donors (Lipinski definition) is 1. The van der Waals surface area contributed by atoms with E-state index in [0.717, 1.165) is 6.42 Å². The standard InChI is InChI=1S/C29H47N3O5/c1-11-15-30(10)23(34)20-21-24(35)32(19(3)17-33)22(29(21)14-13-28(20,9)37-29)25(36)31(16-12-2)27(7,8)18-26(4,5)6/h11-12,19-22,33H,1-2,13-18H2,3-10H3/t19-,20+,21+,22?,28-,29?/m1/s1. The van der Waals surface area contributed by atoms with Gasteiger partial charge in [-0.3, -0.25) is 14.4 Å². The highest BCUT2D eigenvalue weighted by Crippen LogP contribution is 2.64. The van der Waals surface area contributed by atoms with Gasteiger partial charge in [0, 0.05) is 25.7 Å². The molecule has 1 N–H and O–H groups in total. The second-order valence-electron chi connectivity index (χ2n) is 13.3. The molecule has 3 heterocycles. The highest BCUT2D eigenvalue weighted by atomic mass is 16.5. The normalized spacial score (nSPS) is 31.8. The van der Waals surface area contributed by atoms with Crippen molar-refractivity contribution in [1.82, 2.24) is 14.7 Å². The number of likely N-dealkylation sites (tertiary alicyclic amines) is 1. The van der Waals surface area contributed by atoms with Crippen LogP contribution < -0.4 is 0 Å². The number of aliphatic hydroxyl groups excluding tert-OH is 1. The summed E-state index contributed by atoms with van der Waals surface area (Å²) in [6.45, 7) is 22.1. The van der Waals surface area contributed by atoms with Gasteiger partial charge in [0.05, 0.1) is 30.1 Å². The van der Waals surface area contributed by atoms with Crippen LogP contribution in [-0.4, -0.2) is 93.1 Å². The van der Waals surface area contributed by atoms with Crippen molar-refractivity contribution in [2.75, 3.05) is 26.7 Å². The summed E-state index contributed by atoms with van der Waals surface area (Å²) in [6, 6.07) is -1.54. The molecule has 8 nitrogen and oxygen atoms in total. The summed E-state index contributed by atoms with van der Waals surface area (Å²) >= 11 is 0. The summed E-state index contributed by atoms with van der Waals surface area (Å²) in [5, 5.41) is 10.1. The molecule has 0 aromatic heterocycles. The summed E-state index contributed by atoms with van der Waals surface area (Å²) in [4.78, 5) is 47.3. The summed E-state index contributed by atoms with van der Waals surface area (Å²) in [5.41, 5.74) is -2.55. The van der Waals surface area contributed by atoms with Gasteiger partial charge in [-0.1, -0.05) is 32.9 Å². The lowest BCUT2D eigenvalue weighted by atomic mass is 9.66. The minimum absolute atomic E-state index is 0.0450. The molecule has 2 bridgehead atoms. The zero-order valence-corrected chi connectivity index (χ0v) is 24.0. The van der Waals surface area contributed by atoms with E-state index in [2.05, 4.69) is 33.9 Å². The molecule has 37 heavy (non-hydrogen) atoms. The molecule has 2 unspecified atom stereocenters. The van der Waals surface area contributed by atoms with E-state index >= 15 is 0 Å². The van der Waals surface area contributed by atoms with Crippen LogP contribution in [0.5, 0.6) is 0 Å². The van der Waals surface area contributed by atoms with Crippen molar-refractivity contribution in [1.29, 1.82) is 0 Å². The Kier molecular flexibility index (Phi) is 7.81. The molecule has 0 aromatic carbocycles. The molecule has 3 aliphatic rings. The maximum Gasteiger partial charge on any atom is 0.249 e. The number of fused-ring (bicyclic) bond motifs is 1. The van der Waals surface area contributed by atoms with Crippen molar-refractivity contribution < 1.29 is 24.2 Å². The van der Waals surface area contributed by atoms with Crippen molar-refractivity contribution in [3.05, 3.63) is 25.3 Å². The molecule has 3 saturated heterocycles. The summed E-state index contributed by atoms with van der Waals surface area (Å²) in [6.07, 6.45) is 5.17. The van der Waals surface area contributed by atoms with Crippen LogP contribution in [0.1, 0.15) is 67.7 Å². The van der Waals surface area contributed by atoms with Crippen molar-refractivity contribution in [3.8, 4) is 0 Å². The van der Waals surface area contributed by atoms with Gasteiger partial charge in [0.25, 0.3) is 0 Å². The molecule has 0 aliphatic carbocycles. The third kappa shape index (κ3) is 4.76. The molecule has 0 saturated carbocycles. The van der Waals surface area contributed by atoms with E-state index in [4.69, 9.17) is 4.74 Å². The van der Waals surface area contributed by atoms with E-state index in [9.17, 15) is 19.5 Å². The summed E-state index contributed by atoms with van der Waals surface area (Å²) in [7, 11) is 1.70. The first-order valence-corrected chi connectivity index (χ1v) is 13.4. The first-order valence-electron chi connectivity index (χ1n) is 13.4. The molecule has 208 valence electrons. The van der Waals surface area contributed by atoms with Crippen molar-refractivity contribution in [2.24, 2.45) is 17.3 Å². The fourth-order valence-corrected chi connectivity index (χ4v) is 7.41. The van der Waals surface area contributed by atoms with Crippen molar-refractivity contribution in [3.63, 3.8) is 0 Å². The molecule has 0 aromatic rings. The summed E-state index contributed by atoms with van der Waals surface area (Å²) in [5.74, 6) is -2.18. The number of rotatable bonds is 10. The number of aliphatic hydroxyl groups is 1. The molecule has 8 heteroatoms. The maximum absolute atomic E-state index is 14.6. The molecule has 3 amide bonds. The molecule has 3 fully saturated rings. The van der Waals surface area contributed by atoms with Gasteiger partial charge in [0.1, 0.15) is 11.6 Å². The third-order valence-electron chi connectivity index (χ3n) is 8.50. The molecular weight excluding hydrogens is 470 g/mol. The topological polar surface area (TPSA) is 90.4 Å². The summed E-state index contributed by atoms with van der Waals surface area (Å²) < 4.78 is 6.71. The van der Waals surface area contributed by atoms with Gasteiger partial charge in [-0.05, 0) is 52.4 Å². The smallest absolute Gasteiger partial charge is 0.249 e. The highest BCUT2D eigenvalue weighted by molar-refractivity contribution is 5.99. The maximum atomic E-state index is 14.6. The predicted octanol–water partition coefficient (Wildman–Crippen LogP) is 3.01. The van der Waals surface area contributed by atoms with E-state index in [1.54, 1.807) is 35.9 Å². The minimum atomic E-state index is -1.13. The Morgan fingerprint density at radius 3 is 2.27 bits per heavy atom. The zero-order valence-electron chi connectivity index (χ0n) is 24.0. The molecule has 1 spiro atoms. The Balaban J connectivity index is 2.14. The molecule has 0 radical (unpaired) electrons. The lowest BCUT2D eigenvalue weighted by Crippen LogP contribution is -2.62. The quantitative estimate of drug-likeness (QED) is 0.450. The van der Waals surface area contributed by atoms with Gasteiger partial charge in [-0.25, -0.2) is 0 Å². The van der Waals surface area contributed by atoms with Crippen LogP contribution in [0.3, 0.4) is 0 Å². The number of ether oxygens (including phenoxy) is 1. The Morgan fingerprint density at radius 2 is 1.76 bits per heavy atom. The van der Waals surface area contributed by atoms with Crippen LogP contribution in [0, 0.1) is 17.3 Å². The zero-order chi connectivity index (χ0) is 28.1. The van der Waals surface area contributed by atoms with Crippen molar-refractivity contribution in [2.45, 2.75) is 96.6 Å². The number of carbonyl (C=O) groups is 3. The van der Waals surface area contributed by atoms with Crippen LogP contribution in [0.15, 0.2) is 25.3 Å².